The van der Waals surface area contributed by atoms with Crippen molar-refractivity contribution in [3.8, 4) is 0 Å². The highest BCUT2D eigenvalue weighted by atomic mass is 32.2. The van der Waals surface area contributed by atoms with Crippen LogP contribution < -0.4 is 5.32 Å². The monoisotopic (exact) mass is 244 g/mol. The fourth-order valence-electron chi connectivity index (χ4n) is 1.74. The van der Waals surface area contributed by atoms with E-state index in [1.54, 1.807) is 37.4 Å². The third-order valence-electron chi connectivity index (χ3n) is 2.76. The molecule has 4 nitrogen and oxygen atoms in total. The van der Waals surface area contributed by atoms with E-state index in [1.165, 1.54) is 0 Å². The maximum atomic E-state index is 12.1. The lowest BCUT2D eigenvalue weighted by atomic mass is 9.97. The highest BCUT2D eigenvalue weighted by molar-refractivity contribution is 7.99. The minimum absolute atomic E-state index is 0.0105. The zero-order chi connectivity index (χ0) is 12.3. The van der Waals surface area contributed by atoms with Gasteiger partial charge in [-0.2, -0.15) is 11.8 Å². The molecule has 1 N–H and O–H groups in total. The van der Waals surface area contributed by atoms with Gasteiger partial charge in [-0.1, -0.05) is 6.92 Å². The third kappa shape index (κ3) is 2.70. The summed E-state index contributed by atoms with van der Waals surface area (Å²) in [5.74, 6) is 1.87. The predicted octanol–water partition coefficient (Wildman–Crippen LogP) is 0.865. The number of hydrogen-bond donors (Lipinski definition) is 1. The van der Waals surface area contributed by atoms with E-state index in [0.717, 1.165) is 11.5 Å². The molecule has 1 saturated heterocycles. The summed E-state index contributed by atoms with van der Waals surface area (Å²) in [7, 11) is 0. The van der Waals surface area contributed by atoms with E-state index in [4.69, 9.17) is 0 Å². The van der Waals surface area contributed by atoms with Crippen LogP contribution in [-0.2, 0) is 9.59 Å². The predicted molar refractivity (Wildman–Crippen MR) is 66.4 cm³/mol. The molecule has 92 valence electrons. The number of carbonyl (C=O) groups is 2. The Balaban J connectivity index is 2.70. The Hall–Kier alpha value is -0.710. The normalized spacial score (nSPS) is 24.5. The van der Waals surface area contributed by atoms with Crippen molar-refractivity contribution in [3.63, 3.8) is 0 Å². The molecule has 5 heteroatoms. The Morgan fingerprint density at radius 1 is 1.44 bits per heavy atom. The molecule has 0 aliphatic carbocycles. The first-order valence-corrected chi connectivity index (χ1v) is 6.76. The van der Waals surface area contributed by atoms with Crippen LogP contribution in [0.2, 0.25) is 0 Å². The highest BCUT2D eigenvalue weighted by Gasteiger charge is 2.42. The smallest absolute Gasteiger partial charge is 0.248 e. The molecular formula is C11H20N2O2S. The van der Waals surface area contributed by atoms with Gasteiger partial charge in [0.25, 0.3) is 0 Å². The maximum absolute atomic E-state index is 12.1. The van der Waals surface area contributed by atoms with Gasteiger partial charge in [-0.15, -0.1) is 0 Å². The second-order valence-corrected chi connectivity index (χ2v) is 5.88. The van der Waals surface area contributed by atoms with Crippen LogP contribution in [-0.4, -0.2) is 46.3 Å². The molecule has 1 atom stereocenters. The quantitative estimate of drug-likeness (QED) is 0.746. The maximum Gasteiger partial charge on any atom is 0.248 e. The third-order valence-corrected chi connectivity index (χ3v) is 3.64. The van der Waals surface area contributed by atoms with Crippen molar-refractivity contribution in [2.45, 2.75) is 39.3 Å². The Morgan fingerprint density at radius 2 is 2.06 bits per heavy atom. The van der Waals surface area contributed by atoms with Crippen LogP contribution in [0.3, 0.4) is 0 Å². The highest BCUT2D eigenvalue weighted by Crippen LogP contribution is 2.18. The van der Waals surface area contributed by atoms with Gasteiger partial charge in [-0.05, 0) is 26.5 Å². The largest absolute Gasteiger partial charge is 0.340 e. The fraction of sp³-hybridized carbons (Fsp3) is 0.818. The molecule has 0 spiro atoms. The zero-order valence-corrected chi connectivity index (χ0v) is 11.2. The second-order valence-electron chi connectivity index (χ2n) is 4.49. The fourth-order valence-corrected chi connectivity index (χ4v) is 2.36. The molecule has 0 saturated carbocycles. The van der Waals surface area contributed by atoms with Crippen LogP contribution in [0.15, 0.2) is 0 Å². The van der Waals surface area contributed by atoms with Crippen LogP contribution in [0, 0.1) is 0 Å². The minimum atomic E-state index is -0.763. The molecule has 0 aromatic rings. The van der Waals surface area contributed by atoms with Crippen molar-refractivity contribution in [2.75, 3.05) is 18.1 Å². The van der Waals surface area contributed by atoms with Crippen molar-refractivity contribution < 1.29 is 9.59 Å². The molecule has 2 amide bonds. The average Bonchev–Trinajstić information content (AvgIpc) is 2.20. The van der Waals surface area contributed by atoms with Gasteiger partial charge in [0.1, 0.15) is 11.6 Å². The molecule has 0 bridgehead atoms. The lowest BCUT2D eigenvalue weighted by molar-refractivity contribution is -0.152. The summed E-state index contributed by atoms with van der Waals surface area (Å²) in [5, 5.41) is 2.74. The summed E-state index contributed by atoms with van der Waals surface area (Å²) >= 11 is 1.78. The van der Waals surface area contributed by atoms with Crippen molar-refractivity contribution >= 4 is 23.6 Å². The van der Waals surface area contributed by atoms with E-state index in [2.05, 4.69) is 12.2 Å². The molecule has 1 unspecified atom stereocenters. The molecule has 0 radical (unpaired) electrons. The number of hydrogen-bond acceptors (Lipinski definition) is 3. The van der Waals surface area contributed by atoms with Crippen LogP contribution in [0.25, 0.3) is 0 Å². The Labute approximate surface area is 101 Å². The number of nitrogens with one attached hydrogen (secondary N) is 1. The first-order chi connectivity index (χ1) is 7.40. The number of rotatable bonds is 4. The van der Waals surface area contributed by atoms with Crippen molar-refractivity contribution in [3.05, 3.63) is 0 Å². The number of nitrogens with zero attached hydrogens (tertiary/aromatic N) is 1. The van der Waals surface area contributed by atoms with Crippen molar-refractivity contribution in [1.82, 2.24) is 10.2 Å². The summed E-state index contributed by atoms with van der Waals surface area (Å²) in [6.45, 7) is 8.01. The van der Waals surface area contributed by atoms with E-state index in [9.17, 15) is 9.59 Å². The summed E-state index contributed by atoms with van der Waals surface area (Å²) in [6.07, 6.45) is 0. The van der Waals surface area contributed by atoms with Crippen LogP contribution >= 0.6 is 11.8 Å². The molecule has 1 aliphatic heterocycles. The van der Waals surface area contributed by atoms with Crippen LogP contribution in [0.1, 0.15) is 27.7 Å². The minimum Gasteiger partial charge on any atom is -0.340 e. The van der Waals surface area contributed by atoms with E-state index < -0.39 is 5.54 Å². The zero-order valence-electron chi connectivity index (χ0n) is 10.4. The number of carbonyl (C=O) groups excluding carboxylic acids is 2. The summed E-state index contributed by atoms with van der Waals surface area (Å²) in [6, 6.07) is -0.349. The van der Waals surface area contributed by atoms with Gasteiger partial charge in [-0.3, -0.25) is 9.59 Å². The molecule has 16 heavy (non-hydrogen) atoms. The van der Waals surface area contributed by atoms with Crippen LogP contribution in [0.4, 0.5) is 0 Å². The number of thioether (sulfide) groups is 1. The van der Waals surface area contributed by atoms with Gasteiger partial charge >= 0.3 is 0 Å². The van der Waals surface area contributed by atoms with E-state index in [0.29, 0.717) is 6.54 Å². The second kappa shape index (κ2) is 5.08. The van der Waals surface area contributed by atoms with Gasteiger partial charge in [0.05, 0.1) is 0 Å². The molecule has 1 fully saturated rings. The molecule has 1 rings (SSSR count). The SMILES string of the molecule is CCSCCN1C(=O)C(C)(C)NC(=O)C1C. The first kappa shape index (κ1) is 13.4. The van der Waals surface area contributed by atoms with E-state index >= 15 is 0 Å². The Bertz CT molecular complexity index is 292. The van der Waals surface area contributed by atoms with Gasteiger partial charge in [-0.25, -0.2) is 0 Å². The van der Waals surface area contributed by atoms with E-state index in [1.807, 2.05) is 0 Å². The molecular weight excluding hydrogens is 224 g/mol. The van der Waals surface area contributed by atoms with Gasteiger partial charge in [0, 0.05) is 12.3 Å². The molecule has 0 aromatic heterocycles. The average molecular weight is 244 g/mol. The van der Waals surface area contributed by atoms with Crippen LogP contribution in [0.5, 0.6) is 0 Å². The topological polar surface area (TPSA) is 49.4 Å². The van der Waals surface area contributed by atoms with Gasteiger partial charge in [0.2, 0.25) is 11.8 Å². The van der Waals surface area contributed by atoms with Crippen molar-refractivity contribution in [2.24, 2.45) is 0 Å². The van der Waals surface area contributed by atoms with E-state index in [-0.39, 0.29) is 17.9 Å². The molecule has 0 aromatic carbocycles. The Morgan fingerprint density at radius 3 is 2.62 bits per heavy atom. The summed E-state index contributed by atoms with van der Waals surface area (Å²) in [4.78, 5) is 25.5. The number of piperazine rings is 1. The molecule has 1 aliphatic rings. The summed E-state index contributed by atoms with van der Waals surface area (Å²) in [5.41, 5.74) is -0.763. The standard InChI is InChI=1S/C11H20N2O2S/c1-5-16-7-6-13-8(2)9(14)12-11(3,4)10(13)15/h8H,5-7H2,1-4H3,(H,12,14). The Kier molecular flexibility index (Phi) is 4.24. The lowest BCUT2D eigenvalue weighted by Gasteiger charge is -2.41. The first-order valence-electron chi connectivity index (χ1n) is 5.61. The lowest BCUT2D eigenvalue weighted by Crippen LogP contribution is -2.67. The van der Waals surface area contributed by atoms with Gasteiger partial charge in [0.15, 0.2) is 0 Å². The number of amides is 2. The summed E-state index contributed by atoms with van der Waals surface area (Å²) < 4.78 is 0. The molecule has 1 heterocycles. The van der Waals surface area contributed by atoms with Crippen molar-refractivity contribution in [1.29, 1.82) is 0 Å². The van der Waals surface area contributed by atoms with Gasteiger partial charge < -0.3 is 10.2 Å².